The van der Waals surface area contributed by atoms with Crippen LogP contribution < -0.4 is 5.32 Å². The minimum atomic E-state index is -0.225. The molecule has 0 aliphatic heterocycles. The Morgan fingerprint density at radius 2 is 2.11 bits per heavy atom. The van der Waals surface area contributed by atoms with Gasteiger partial charge < -0.3 is 9.73 Å². The molecule has 0 saturated heterocycles. The Bertz CT molecular complexity index is 514. The second kappa shape index (κ2) is 5.44. The van der Waals surface area contributed by atoms with E-state index >= 15 is 0 Å². The van der Waals surface area contributed by atoms with E-state index < -0.39 is 0 Å². The number of furan rings is 1. The third-order valence-corrected chi connectivity index (χ3v) is 3.49. The van der Waals surface area contributed by atoms with Crippen molar-refractivity contribution < 1.29 is 9.21 Å². The van der Waals surface area contributed by atoms with Gasteiger partial charge >= 0.3 is 0 Å². The first-order chi connectivity index (χ1) is 8.58. The van der Waals surface area contributed by atoms with E-state index in [2.05, 4.69) is 5.32 Å². The minimum absolute atomic E-state index is 0.0710. The number of benzene rings is 1. The van der Waals surface area contributed by atoms with E-state index in [1.807, 2.05) is 38.1 Å². The molecule has 1 amide bonds. The molecule has 0 radical (unpaired) electrons. The zero-order valence-electron chi connectivity index (χ0n) is 10.4. The summed E-state index contributed by atoms with van der Waals surface area (Å²) in [5.41, 5.74) is 0.717. The summed E-state index contributed by atoms with van der Waals surface area (Å²) in [4.78, 5) is 11.9. The molecule has 0 aliphatic rings. The Labute approximate surface area is 111 Å². The summed E-state index contributed by atoms with van der Waals surface area (Å²) in [6.45, 7) is 4.48. The van der Waals surface area contributed by atoms with E-state index in [9.17, 15) is 4.79 Å². The van der Waals surface area contributed by atoms with Gasteiger partial charge in [-0.1, -0.05) is 32.0 Å². The highest BCUT2D eigenvalue weighted by molar-refractivity contribution is 6.21. The second-order valence-electron chi connectivity index (χ2n) is 4.62. The van der Waals surface area contributed by atoms with Crippen LogP contribution in [0.25, 0.3) is 11.0 Å². The van der Waals surface area contributed by atoms with Crippen LogP contribution in [0.2, 0.25) is 0 Å². The molecule has 4 heteroatoms. The highest BCUT2D eigenvalue weighted by atomic mass is 35.5. The van der Waals surface area contributed by atoms with E-state index in [1.165, 1.54) is 0 Å². The zero-order valence-corrected chi connectivity index (χ0v) is 11.2. The van der Waals surface area contributed by atoms with E-state index in [1.54, 1.807) is 6.07 Å². The molecule has 2 aromatic rings. The second-order valence-corrected chi connectivity index (χ2v) is 5.18. The Balaban J connectivity index is 2.05. The number of halogens is 1. The van der Waals surface area contributed by atoms with Gasteiger partial charge in [0, 0.05) is 11.9 Å². The average Bonchev–Trinajstić information content (AvgIpc) is 2.79. The van der Waals surface area contributed by atoms with Crippen LogP contribution in [0.4, 0.5) is 0 Å². The predicted molar refractivity (Wildman–Crippen MR) is 73.0 cm³/mol. The molecule has 0 spiro atoms. The molecule has 1 aromatic carbocycles. The Morgan fingerprint density at radius 1 is 1.39 bits per heavy atom. The Hall–Kier alpha value is -1.48. The molecule has 18 heavy (non-hydrogen) atoms. The van der Waals surface area contributed by atoms with Gasteiger partial charge in [-0.3, -0.25) is 4.79 Å². The summed E-state index contributed by atoms with van der Waals surface area (Å²) in [6.07, 6.45) is 0. The lowest BCUT2D eigenvalue weighted by Gasteiger charge is -2.13. The molecular formula is C14H16ClNO2. The Kier molecular flexibility index (Phi) is 3.92. The fourth-order valence-electron chi connectivity index (χ4n) is 1.61. The number of hydrogen-bond donors (Lipinski definition) is 1. The molecule has 0 aliphatic carbocycles. The topological polar surface area (TPSA) is 42.2 Å². The lowest BCUT2D eigenvalue weighted by atomic mass is 10.1. The van der Waals surface area contributed by atoms with E-state index in [0.717, 1.165) is 5.39 Å². The maximum absolute atomic E-state index is 11.9. The normalized spacial score (nSPS) is 12.9. The summed E-state index contributed by atoms with van der Waals surface area (Å²) >= 11 is 6.08. The van der Waals surface area contributed by atoms with Crippen LogP contribution in [-0.2, 0) is 0 Å². The predicted octanol–water partition coefficient (Wildman–Crippen LogP) is 3.43. The number of alkyl halides is 1. The fraction of sp³-hybridized carbons (Fsp3) is 0.357. The molecule has 0 bridgehead atoms. The number of carbonyl (C=O) groups excluding carboxylic acids is 1. The van der Waals surface area contributed by atoms with E-state index in [-0.39, 0.29) is 11.3 Å². The van der Waals surface area contributed by atoms with Crippen LogP contribution in [-0.4, -0.2) is 17.8 Å². The number of amides is 1. The molecule has 1 N–H and O–H groups in total. The summed E-state index contributed by atoms with van der Waals surface area (Å²) in [6, 6.07) is 9.27. The van der Waals surface area contributed by atoms with Gasteiger partial charge in [-0.25, -0.2) is 0 Å². The van der Waals surface area contributed by atoms with Gasteiger partial charge in [0.1, 0.15) is 5.58 Å². The van der Waals surface area contributed by atoms with Crippen molar-refractivity contribution in [2.45, 2.75) is 19.2 Å². The van der Waals surface area contributed by atoms with Crippen LogP contribution in [0.3, 0.4) is 0 Å². The molecular weight excluding hydrogens is 250 g/mol. The van der Waals surface area contributed by atoms with Crippen molar-refractivity contribution in [1.82, 2.24) is 5.32 Å². The van der Waals surface area contributed by atoms with Crippen molar-refractivity contribution in [2.75, 3.05) is 6.54 Å². The van der Waals surface area contributed by atoms with E-state index in [4.69, 9.17) is 16.0 Å². The standard InChI is InChI=1S/C14H16ClNO2/c1-9(2)11(15)8-16-14(17)13-7-10-5-3-4-6-12(10)18-13/h3-7,9,11H,8H2,1-2H3,(H,16,17). The number of fused-ring (bicyclic) bond motifs is 1. The Morgan fingerprint density at radius 3 is 2.78 bits per heavy atom. The lowest BCUT2D eigenvalue weighted by Crippen LogP contribution is -2.31. The SMILES string of the molecule is CC(C)C(Cl)CNC(=O)c1cc2ccccc2o1. The molecule has 96 valence electrons. The van der Waals surface area contributed by atoms with Crippen LogP contribution in [0.15, 0.2) is 34.7 Å². The molecule has 3 nitrogen and oxygen atoms in total. The highest BCUT2D eigenvalue weighted by Gasteiger charge is 2.15. The van der Waals surface area contributed by atoms with Gasteiger partial charge in [0.05, 0.1) is 5.38 Å². The summed E-state index contributed by atoms with van der Waals surface area (Å²) in [7, 11) is 0. The quantitative estimate of drug-likeness (QED) is 0.861. The number of rotatable bonds is 4. The fourth-order valence-corrected chi connectivity index (χ4v) is 1.68. The molecule has 1 heterocycles. The van der Waals surface area contributed by atoms with Gasteiger partial charge in [0.15, 0.2) is 5.76 Å². The zero-order chi connectivity index (χ0) is 13.1. The van der Waals surface area contributed by atoms with Crippen LogP contribution in [0.5, 0.6) is 0 Å². The third-order valence-electron chi connectivity index (χ3n) is 2.83. The maximum Gasteiger partial charge on any atom is 0.287 e. The monoisotopic (exact) mass is 265 g/mol. The molecule has 2 rings (SSSR count). The lowest BCUT2D eigenvalue weighted by molar-refractivity contribution is 0.0927. The van der Waals surface area contributed by atoms with Crippen molar-refractivity contribution in [3.63, 3.8) is 0 Å². The molecule has 1 atom stereocenters. The van der Waals surface area contributed by atoms with Gasteiger partial charge in [-0.05, 0) is 18.1 Å². The highest BCUT2D eigenvalue weighted by Crippen LogP contribution is 2.18. The first-order valence-corrected chi connectivity index (χ1v) is 6.42. The first kappa shape index (κ1) is 13.0. The smallest absolute Gasteiger partial charge is 0.287 e. The van der Waals surface area contributed by atoms with Crippen LogP contribution in [0, 0.1) is 5.92 Å². The average molecular weight is 266 g/mol. The van der Waals surface area contributed by atoms with Gasteiger partial charge in [-0.2, -0.15) is 0 Å². The summed E-state index contributed by atoms with van der Waals surface area (Å²) in [5, 5.41) is 3.63. The van der Waals surface area contributed by atoms with Crippen molar-refractivity contribution in [3.8, 4) is 0 Å². The largest absolute Gasteiger partial charge is 0.451 e. The molecule has 1 aromatic heterocycles. The van der Waals surface area contributed by atoms with Crippen LogP contribution in [0.1, 0.15) is 24.4 Å². The number of carbonyl (C=O) groups is 1. The molecule has 1 unspecified atom stereocenters. The molecule has 0 fully saturated rings. The summed E-state index contributed by atoms with van der Waals surface area (Å²) < 4.78 is 5.47. The van der Waals surface area contributed by atoms with Crippen LogP contribution >= 0.6 is 11.6 Å². The van der Waals surface area contributed by atoms with Crippen molar-refractivity contribution in [1.29, 1.82) is 0 Å². The molecule has 0 saturated carbocycles. The van der Waals surface area contributed by atoms with Crippen molar-refractivity contribution in [2.24, 2.45) is 5.92 Å². The number of nitrogens with one attached hydrogen (secondary N) is 1. The van der Waals surface area contributed by atoms with E-state index in [0.29, 0.717) is 23.8 Å². The van der Waals surface area contributed by atoms with Crippen molar-refractivity contribution >= 4 is 28.5 Å². The third kappa shape index (κ3) is 2.85. The number of hydrogen-bond acceptors (Lipinski definition) is 2. The number of para-hydroxylation sites is 1. The maximum atomic E-state index is 11.9. The first-order valence-electron chi connectivity index (χ1n) is 5.99. The van der Waals surface area contributed by atoms with Gasteiger partial charge in [0.25, 0.3) is 5.91 Å². The van der Waals surface area contributed by atoms with Gasteiger partial charge in [0.2, 0.25) is 0 Å². The summed E-state index contributed by atoms with van der Waals surface area (Å²) in [5.74, 6) is 0.420. The van der Waals surface area contributed by atoms with Gasteiger partial charge in [-0.15, -0.1) is 11.6 Å². The van der Waals surface area contributed by atoms with Crippen molar-refractivity contribution in [3.05, 3.63) is 36.1 Å². The minimum Gasteiger partial charge on any atom is -0.451 e.